The van der Waals surface area contributed by atoms with Gasteiger partial charge in [-0.05, 0) is 49.8 Å². The van der Waals surface area contributed by atoms with E-state index in [1.54, 1.807) is 6.07 Å². The van der Waals surface area contributed by atoms with E-state index in [2.05, 4.69) is 9.88 Å². The quantitative estimate of drug-likeness (QED) is 0.801. The van der Waals surface area contributed by atoms with E-state index < -0.39 is 11.7 Å². The molecule has 0 bridgehead atoms. The van der Waals surface area contributed by atoms with Gasteiger partial charge in [-0.25, -0.2) is 4.98 Å². The van der Waals surface area contributed by atoms with E-state index in [-0.39, 0.29) is 0 Å². The molecule has 1 atom stereocenters. The van der Waals surface area contributed by atoms with Gasteiger partial charge in [0.2, 0.25) is 0 Å². The van der Waals surface area contributed by atoms with Gasteiger partial charge in [0, 0.05) is 26.0 Å². The molecular weight excluding hydrogens is 327 g/mol. The molecule has 3 rings (SSSR count). The maximum Gasteiger partial charge on any atom is 0.416 e. The van der Waals surface area contributed by atoms with Crippen molar-refractivity contribution in [3.63, 3.8) is 0 Å². The van der Waals surface area contributed by atoms with Crippen molar-refractivity contribution in [3.8, 4) is 0 Å². The second-order valence-electron chi connectivity index (χ2n) is 6.93. The minimum absolute atomic E-state index is 0.531. The smallest absolute Gasteiger partial charge is 0.337 e. The van der Waals surface area contributed by atoms with Crippen LogP contribution in [0.5, 0.6) is 0 Å². The van der Waals surface area contributed by atoms with Crippen molar-refractivity contribution >= 4 is 0 Å². The van der Waals surface area contributed by atoms with Gasteiger partial charge in [0.1, 0.15) is 5.82 Å². The third-order valence-corrected chi connectivity index (χ3v) is 4.98. The Kier molecular flexibility index (Phi) is 5.47. The summed E-state index contributed by atoms with van der Waals surface area (Å²) >= 11 is 0. The summed E-state index contributed by atoms with van der Waals surface area (Å²) in [6.45, 7) is 2.89. The van der Waals surface area contributed by atoms with Crippen LogP contribution in [-0.2, 0) is 26.2 Å². The van der Waals surface area contributed by atoms with Gasteiger partial charge >= 0.3 is 6.18 Å². The molecule has 25 heavy (non-hydrogen) atoms. The molecular formula is C19H24F3N3. The molecule has 0 saturated carbocycles. The van der Waals surface area contributed by atoms with E-state index in [0.29, 0.717) is 12.3 Å². The number of rotatable bonds is 5. The van der Waals surface area contributed by atoms with Gasteiger partial charge in [-0.3, -0.25) is 4.90 Å². The van der Waals surface area contributed by atoms with Crippen LogP contribution in [-0.4, -0.2) is 27.5 Å². The van der Waals surface area contributed by atoms with Crippen molar-refractivity contribution < 1.29 is 13.2 Å². The minimum Gasteiger partial charge on any atom is -0.337 e. The van der Waals surface area contributed by atoms with E-state index in [1.807, 2.05) is 24.0 Å². The number of piperidine rings is 1. The average Bonchev–Trinajstić information content (AvgIpc) is 2.98. The molecule has 136 valence electrons. The summed E-state index contributed by atoms with van der Waals surface area (Å²) in [6.07, 6.45) is 3.41. The third-order valence-electron chi connectivity index (χ3n) is 4.98. The van der Waals surface area contributed by atoms with Gasteiger partial charge < -0.3 is 4.57 Å². The Bertz CT molecular complexity index is 693. The van der Waals surface area contributed by atoms with Gasteiger partial charge in [-0.15, -0.1) is 0 Å². The largest absolute Gasteiger partial charge is 0.416 e. The summed E-state index contributed by atoms with van der Waals surface area (Å²) in [7, 11) is 2.00. The highest BCUT2D eigenvalue weighted by Gasteiger charge is 2.30. The first-order chi connectivity index (χ1) is 11.9. The summed E-state index contributed by atoms with van der Waals surface area (Å²) < 4.78 is 40.5. The molecule has 0 amide bonds. The zero-order chi connectivity index (χ0) is 17.9. The Balaban J connectivity index is 1.54. The molecule has 0 N–H and O–H groups in total. The molecule has 1 aromatic carbocycles. The van der Waals surface area contributed by atoms with Crippen molar-refractivity contribution in [1.82, 2.24) is 14.5 Å². The van der Waals surface area contributed by atoms with E-state index in [0.717, 1.165) is 56.4 Å². The Hall–Kier alpha value is -1.82. The zero-order valence-corrected chi connectivity index (χ0v) is 14.5. The maximum atomic E-state index is 12.8. The highest BCUT2D eigenvalue weighted by atomic mass is 19.4. The van der Waals surface area contributed by atoms with E-state index in [4.69, 9.17) is 0 Å². The molecule has 0 radical (unpaired) electrons. The van der Waals surface area contributed by atoms with Crippen molar-refractivity contribution in [2.45, 2.75) is 38.4 Å². The predicted octanol–water partition coefficient (Wildman–Crippen LogP) is 4.28. The molecule has 1 saturated heterocycles. The van der Waals surface area contributed by atoms with Gasteiger partial charge in [0.05, 0.1) is 12.1 Å². The van der Waals surface area contributed by atoms with Crippen LogP contribution in [0.2, 0.25) is 0 Å². The van der Waals surface area contributed by atoms with Crippen LogP contribution in [0.1, 0.15) is 36.2 Å². The monoisotopic (exact) mass is 351 g/mol. The van der Waals surface area contributed by atoms with Crippen LogP contribution in [0.3, 0.4) is 0 Å². The van der Waals surface area contributed by atoms with Gasteiger partial charge in [0.25, 0.3) is 0 Å². The van der Waals surface area contributed by atoms with Crippen molar-refractivity contribution in [3.05, 3.63) is 53.6 Å². The Morgan fingerprint density at radius 3 is 2.84 bits per heavy atom. The SMILES string of the molecule is Cn1ccnc1CN1CCC[C@@H](CCc2cccc(C(F)(F)F)c2)C1. The van der Waals surface area contributed by atoms with Crippen molar-refractivity contribution in [2.75, 3.05) is 13.1 Å². The summed E-state index contributed by atoms with van der Waals surface area (Å²) in [6, 6.07) is 5.73. The molecule has 6 heteroatoms. The van der Waals surface area contributed by atoms with E-state index >= 15 is 0 Å². The summed E-state index contributed by atoms with van der Waals surface area (Å²) in [4.78, 5) is 6.78. The summed E-state index contributed by atoms with van der Waals surface area (Å²) in [5.74, 6) is 1.59. The van der Waals surface area contributed by atoms with Crippen LogP contribution in [0.15, 0.2) is 36.7 Å². The highest BCUT2D eigenvalue weighted by molar-refractivity contribution is 5.25. The number of benzene rings is 1. The fraction of sp³-hybridized carbons (Fsp3) is 0.526. The molecule has 1 aromatic heterocycles. The molecule has 3 nitrogen and oxygen atoms in total. The highest BCUT2D eigenvalue weighted by Crippen LogP contribution is 2.30. The Morgan fingerprint density at radius 1 is 1.28 bits per heavy atom. The first kappa shape index (κ1) is 18.0. The van der Waals surface area contributed by atoms with Gasteiger partial charge in [-0.2, -0.15) is 13.2 Å². The number of aromatic nitrogens is 2. The summed E-state index contributed by atoms with van der Waals surface area (Å²) in [5, 5.41) is 0. The number of alkyl halides is 3. The maximum absolute atomic E-state index is 12.8. The fourth-order valence-corrected chi connectivity index (χ4v) is 3.55. The van der Waals surface area contributed by atoms with Gasteiger partial charge in [-0.1, -0.05) is 18.2 Å². The fourth-order valence-electron chi connectivity index (χ4n) is 3.55. The van der Waals surface area contributed by atoms with E-state index in [9.17, 15) is 13.2 Å². The molecule has 2 aromatic rings. The minimum atomic E-state index is -4.26. The molecule has 0 spiro atoms. The summed E-state index contributed by atoms with van der Waals surface area (Å²) in [5.41, 5.74) is 0.223. The number of aryl methyl sites for hydroxylation is 2. The Labute approximate surface area is 146 Å². The van der Waals surface area contributed by atoms with Crippen LogP contribution >= 0.6 is 0 Å². The zero-order valence-electron chi connectivity index (χ0n) is 14.5. The average molecular weight is 351 g/mol. The van der Waals surface area contributed by atoms with Crippen molar-refractivity contribution in [1.29, 1.82) is 0 Å². The third kappa shape index (κ3) is 4.84. The topological polar surface area (TPSA) is 21.1 Å². The molecule has 1 aliphatic heterocycles. The number of hydrogen-bond acceptors (Lipinski definition) is 2. The predicted molar refractivity (Wildman–Crippen MR) is 91.0 cm³/mol. The number of halogens is 3. The lowest BCUT2D eigenvalue weighted by molar-refractivity contribution is -0.137. The van der Waals surface area contributed by atoms with Crippen LogP contribution in [0, 0.1) is 5.92 Å². The number of hydrogen-bond donors (Lipinski definition) is 0. The standard InChI is InChI=1S/C19H24F3N3/c1-24-11-9-23-18(24)14-25-10-3-5-16(13-25)8-7-15-4-2-6-17(12-15)19(20,21)22/h2,4,6,9,11-12,16H,3,5,7-8,10,13-14H2,1H3/t16-/m0/s1. The van der Waals surface area contributed by atoms with Crippen LogP contribution < -0.4 is 0 Å². The molecule has 1 fully saturated rings. The molecule has 0 aliphatic carbocycles. The normalized spacial score (nSPS) is 19.3. The van der Waals surface area contributed by atoms with Gasteiger partial charge in [0.15, 0.2) is 0 Å². The van der Waals surface area contributed by atoms with Crippen LogP contribution in [0.4, 0.5) is 13.2 Å². The number of likely N-dealkylation sites (tertiary alicyclic amines) is 1. The second-order valence-corrected chi connectivity index (χ2v) is 6.93. The first-order valence-electron chi connectivity index (χ1n) is 8.76. The Morgan fingerprint density at radius 2 is 2.12 bits per heavy atom. The molecule has 2 heterocycles. The molecule has 1 aliphatic rings. The lowest BCUT2D eigenvalue weighted by Crippen LogP contribution is -2.35. The van der Waals surface area contributed by atoms with Crippen molar-refractivity contribution in [2.24, 2.45) is 13.0 Å². The molecule has 0 unspecified atom stereocenters. The lowest BCUT2D eigenvalue weighted by atomic mass is 9.91. The lowest BCUT2D eigenvalue weighted by Gasteiger charge is -2.32. The second kappa shape index (κ2) is 7.60. The van der Waals surface area contributed by atoms with E-state index in [1.165, 1.54) is 12.1 Å². The number of imidazole rings is 1. The number of nitrogens with zero attached hydrogens (tertiary/aromatic N) is 3. The first-order valence-corrected chi connectivity index (χ1v) is 8.76. The van der Waals surface area contributed by atoms with Crippen LogP contribution in [0.25, 0.3) is 0 Å².